The molecule has 138 valence electrons. The first-order valence-corrected chi connectivity index (χ1v) is 10.3. The minimum absolute atomic E-state index is 0.0216. The topological polar surface area (TPSA) is 66.5 Å². The highest BCUT2D eigenvalue weighted by molar-refractivity contribution is 7.92. The minimum atomic E-state index is -3.69. The van der Waals surface area contributed by atoms with Gasteiger partial charge in [0.15, 0.2) is 0 Å². The number of carbonyl (C=O) groups is 1. The lowest BCUT2D eigenvalue weighted by molar-refractivity contribution is -0.116. The molecule has 0 bridgehead atoms. The SMILES string of the molecule is CCc1ccc(C)c(NS(=O)(=O)c2ccc3c(c2)CCCN3C(C)=O)c1. The van der Waals surface area contributed by atoms with E-state index in [1.165, 1.54) is 6.92 Å². The molecule has 6 heteroatoms. The number of aryl methyl sites for hydroxylation is 3. The molecule has 2 aromatic rings. The fourth-order valence-corrected chi connectivity index (χ4v) is 4.44. The number of hydrogen-bond donors (Lipinski definition) is 1. The highest BCUT2D eigenvalue weighted by Crippen LogP contribution is 2.30. The molecule has 0 radical (unpaired) electrons. The molecular weight excluding hydrogens is 348 g/mol. The maximum Gasteiger partial charge on any atom is 0.261 e. The Morgan fingerprint density at radius 1 is 1.19 bits per heavy atom. The van der Waals surface area contributed by atoms with E-state index in [1.54, 1.807) is 23.1 Å². The molecule has 1 heterocycles. The summed E-state index contributed by atoms with van der Waals surface area (Å²) in [4.78, 5) is 13.7. The van der Waals surface area contributed by atoms with Crippen molar-refractivity contribution in [2.45, 2.75) is 44.9 Å². The summed E-state index contributed by atoms with van der Waals surface area (Å²) in [5, 5.41) is 0. The molecule has 0 fully saturated rings. The molecule has 0 unspecified atom stereocenters. The minimum Gasteiger partial charge on any atom is -0.312 e. The number of benzene rings is 2. The van der Waals surface area contributed by atoms with Gasteiger partial charge in [0.25, 0.3) is 10.0 Å². The summed E-state index contributed by atoms with van der Waals surface area (Å²) in [6, 6.07) is 10.8. The lowest BCUT2D eigenvalue weighted by Crippen LogP contribution is -2.33. The molecule has 1 N–H and O–H groups in total. The Balaban J connectivity index is 1.95. The number of nitrogens with zero attached hydrogens (tertiary/aromatic N) is 1. The van der Waals surface area contributed by atoms with Gasteiger partial charge in [-0.2, -0.15) is 0 Å². The van der Waals surface area contributed by atoms with E-state index in [1.807, 2.05) is 32.0 Å². The standard InChI is InChI=1S/C20H24N2O3S/c1-4-16-8-7-14(2)19(12-16)21-26(24,25)18-9-10-20-17(13-18)6-5-11-22(20)15(3)23/h7-10,12-13,21H,4-6,11H2,1-3H3. The van der Waals surface area contributed by atoms with Crippen LogP contribution in [0, 0.1) is 6.92 Å². The van der Waals surface area contributed by atoms with Crippen molar-refractivity contribution in [1.82, 2.24) is 0 Å². The predicted molar refractivity (Wildman–Crippen MR) is 104 cm³/mol. The van der Waals surface area contributed by atoms with Crippen LogP contribution < -0.4 is 9.62 Å². The molecule has 5 nitrogen and oxygen atoms in total. The van der Waals surface area contributed by atoms with Crippen molar-refractivity contribution in [1.29, 1.82) is 0 Å². The smallest absolute Gasteiger partial charge is 0.261 e. The van der Waals surface area contributed by atoms with Crippen LogP contribution in [0.3, 0.4) is 0 Å². The van der Waals surface area contributed by atoms with E-state index in [0.717, 1.165) is 41.6 Å². The van der Waals surface area contributed by atoms with Gasteiger partial charge < -0.3 is 4.90 Å². The Morgan fingerprint density at radius 2 is 1.96 bits per heavy atom. The zero-order valence-electron chi connectivity index (χ0n) is 15.4. The Bertz CT molecular complexity index is 952. The monoisotopic (exact) mass is 372 g/mol. The van der Waals surface area contributed by atoms with Crippen LogP contribution in [-0.4, -0.2) is 20.9 Å². The Kier molecular flexibility index (Phi) is 5.05. The second-order valence-electron chi connectivity index (χ2n) is 6.67. The summed E-state index contributed by atoms with van der Waals surface area (Å²) < 4.78 is 28.4. The summed E-state index contributed by atoms with van der Waals surface area (Å²) in [6.45, 7) is 6.13. The molecule has 0 spiro atoms. The van der Waals surface area contributed by atoms with Crippen molar-refractivity contribution in [3.8, 4) is 0 Å². The van der Waals surface area contributed by atoms with Gasteiger partial charge in [-0.05, 0) is 67.1 Å². The van der Waals surface area contributed by atoms with E-state index < -0.39 is 10.0 Å². The number of fused-ring (bicyclic) bond motifs is 1. The quantitative estimate of drug-likeness (QED) is 0.891. The molecule has 0 aromatic heterocycles. The van der Waals surface area contributed by atoms with E-state index in [9.17, 15) is 13.2 Å². The first-order chi connectivity index (χ1) is 12.3. The van der Waals surface area contributed by atoms with Gasteiger partial charge in [-0.25, -0.2) is 8.42 Å². The maximum atomic E-state index is 12.9. The van der Waals surface area contributed by atoms with Crippen LogP contribution in [0.5, 0.6) is 0 Å². The molecule has 1 aliphatic heterocycles. The van der Waals surface area contributed by atoms with Gasteiger partial charge in [-0.1, -0.05) is 19.1 Å². The van der Waals surface area contributed by atoms with Gasteiger partial charge in [-0.15, -0.1) is 0 Å². The van der Waals surface area contributed by atoms with Gasteiger partial charge in [0, 0.05) is 19.2 Å². The number of rotatable bonds is 4. The van der Waals surface area contributed by atoms with Crippen molar-refractivity contribution >= 4 is 27.3 Å². The number of carbonyl (C=O) groups excluding carboxylic acids is 1. The zero-order valence-corrected chi connectivity index (χ0v) is 16.2. The molecule has 0 aliphatic carbocycles. The number of hydrogen-bond acceptors (Lipinski definition) is 3. The molecule has 0 atom stereocenters. The van der Waals surface area contributed by atoms with Crippen LogP contribution in [-0.2, 0) is 27.7 Å². The highest BCUT2D eigenvalue weighted by atomic mass is 32.2. The summed E-state index contributed by atoms with van der Waals surface area (Å²) in [5.74, 6) is -0.0216. The van der Waals surface area contributed by atoms with Gasteiger partial charge in [0.2, 0.25) is 5.91 Å². The molecule has 1 aliphatic rings. The van der Waals surface area contributed by atoms with Crippen LogP contribution >= 0.6 is 0 Å². The van der Waals surface area contributed by atoms with Gasteiger partial charge in [-0.3, -0.25) is 9.52 Å². The van der Waals surface area contributed by atoms with Crippen LogP contribution in [0.4, 0.5) is 11.4 Å². The zero-order chi connectivity index (χ0) is 18.9. The van der Waals surface area contributed by atoms with Gasteiger partial charge in [0.05, 0.1) is 10.6 Å². The second kappa shape index (κ2) is 7.11. The van der Waals surface area contributed by atoms with E-state index in [4.69, 9.17) is 0 Å². The predicted octanol–water partition coefficient (Wildman–Crippen LogP) is 3.66. The van der Waals surface area contributed by atoms with Crippen LogP contribution in [0.25, 0.3) is 0 Å². The molecule has 3 rings (SSSR count). The summed E-state index contributed by atoms with van der Waals surface area (Å²) in [5.41, 5.74) is 4.27. The molecule has 0 saturated heterocycles. The van der Waals surface area contributed by atoms with Crippen LogP contribution in [0.15, 0.2) is 41.3 Å². The van der Waals surface area contributed by atoms with Crippen molar-refractivity contribution in [3.63, 3.8) is 0 Å². The Morgan fingerprint density at radius 3 is 2.65 bits per heavy atom. The fraction of sp³-hybridized carbons (Fsp3) is 0.350. The largest absolute Gasteiger partial charge is 0.312 e. The average Bonchev–Trinajstić information content (AvgIpc) is 2.62. The van der Waals surface area contributed by atoms with Crippen molar-refractivity contribution < 1.29 is 13.2 Å². The summed E-state index contributed by atoms with van der Waals surface area (Å²) in [6.07, 6.45) is 2.45. The number of nitrogens with one attached hydrogen (secondary N) is 1. The Hall–Kier alpha value is -2.34. The number of amides is 1. The maximum absolute atomic E-state index is 12.9. The van der Waals surface area contributed by atoms with E-state index >= 15 is 0 Å². The van der Waals surface area contributed by atoms with E-state index in [-0.39, 0.29) is 10.8 Å². The first kappa shape index (κ1) is 18.5. The molecule has 1 amide bonds. The summed E-state index contributed by atoms with van der Waals surface area (Å²) in [7, 11) is -3.69. The van der Waals surface area contributed by atoms with Crippen LogP contribution in [0.1, 0.15) is 37.0 Å². The van der Waals surface area contributed by atoms with Crippen molar-refractivity contribution in [2.24, 2.45) is 0 Å². The van der Waals surface area contributed by atoms with Crippen LogP contribution in [0.2, 0.25) is 0 Å². The number of sulfonamides is 1. The number of anilines is 2. The second-order valence-corrected chi connectivity index (χ2v) is 8.36. The molecule has 0 saturated carbocycles. The average molecular weight is 372 g/mol. The third-order valence-electron chi connectivity index (χ3n) is 4.81. The lowest BCUT2D eigenvalue weighted by Gasteiger charge is -2.28. The lowest BCUT2D eigenvalue weighted by atomic mass is 10.0. The highest BCUT2D eigenvalue weighted by Gasteiger charge is 2.23. The molecule has 26 heavy (non-hydrogen) atoms. The van der Waals surface area contributed by atoms with E-state index in [0.29, 0.717) is 12.2 Å². The normalized spacial score (nSPS) is 14.0. The fourth-order valence-electron chi connectivity index (χ4n) is 3.27. The van der Waals surface area contributed by atoms with Gasteiger partial charge in [0.1, 0.15) is 0 Å². The van der Waals surface area contributed by atoms with Crippen molar-refractivity contribution in [2.75, 3.05) is 16.2 Å². The van der Waals surface area contributed by atoms with E-state index in [2.05, 4.69) is 4.72 Å². The Labute approximate surface area is 155 Å². The van der Waals surface area contributed by atoms with Crippen molar-refractivity contribution in [3.05, 3.63) is 53.1 Å². The molecule has 2 aromatic carbocycles. The summed E-state index contributed by atoms with van der Waals surface area (Å²) >= 11 is 0. The van der Waals surface area contributed by atoms with Gasteiger partial charge >= 0.3 is 0 Å². The third-order valence-corrected chi connectivity index (χ3v) is 6.18. The first-order valence-electron chi connectivity index (χ1n) is 8.85. The molecular formula is C20H24N2O3S. The third kappa shape index (κ3) is 3.60.